The van der Waals surface area contributed by atoms with Crippen LogP contribution >= 0.6 is 0 Å². The van der Waals surface area contributed by atoms with E-state index in [1.54, 1.807) is 6.07 Å². The van der Waals surface area contributed by atoms with Gasteiger partial charge in [-0.25, -0.2) is 4.39 Å². The van der Waals surface area contributed by atoms with Crippen LogP contribution in [0.25, 0.3) is 11.1 Å². The molecule has 0 amide bonds. The first kappa shape index (κ1) is 17.4. The van der Waals surface area contributed by atoms with Gasteiger partial charge in [-0.2, -0.15) is 18.2 Å². The number of piperazine rings is 1. The van der Waals surface area contributed by atoms with Crippen LogP contribution in [-0.4, -0.2) is 40.0 Å². The third-order valence-electron chi connectivity index (χ3n) is 5.35. The van der Waals surface area contributed by atoms with E-state index in [4.69, 9.17) is 4.42 Å². The van der Waals surface area contributed by atoms with Crippen molar-refractivity contribution in [3.05, 3.63) is 53.6 Å². The predicted octanol–water partition coefficient (Wildman–Crippen LogP) is 3.84. The van der Waals surface area contributed by atoms with Gasteiger partial charge in [0.2, 0.25) is 0 Å². The Hall–Kier alpha value is -2.68. The van der Waals surface area contributed by atoms with Crippen molar-refractivity contribution in [3.63, 3.8) is 0 Å². The molecular formula is C19H16F4N4O. The van der Waals surface area contributed by atoms with Gasteiger partial charge in [-0.05, 0) is 30.2 Å². The summed E-state index contributed by atoms with van der Waals surface area (Å²) in [4.78, 5) is 12.3. The van der Waals surface area contributed by atoms with Crippen molar-refractivity contribution in [1.29, 1.82) is 0 Å². The van der Waals surface area contributed by atoms with Gasteiger partial charge in [0.15, 0.2) is 5.58 Å². The Morgan fingerprint density at radius 1 is 1.11 bits per heavy atom. The van der Waals surface area contributed by atoms with Gasteiger partial charge in [0.25, 0.3) is 6.01 Å². The molecule has 3 aliphatic heterocycles. The summed E-state index contributed by atoms with van der Waals surface area (Å²) in [6.07, 6.45) is -2.13. The van der Waals surface area contributed by atoms with Crippen LogP contribution in [0.2, 0.25) is 0 Å². The molecule has 0 spiro atoms. The molecular weight excluding hydrogens is 376 g/mol. The quantitative estimate of drug-likeness (QED) is 0.634. The molecule has 28 heavy (non-hydrogen) atoms. The summed E-state index contributed by atoms with van der Waals surface area (Å²) in [5.74, 6) is -0.365. The van der Waals surface area contributed by atoms with Gasteiger partial charge in [0, 0.05) is 44.0 Å². The highest BCUT2D eigenvalue weighted by atomic mass is 19.4. The van der Waals surface area contributed by atoms with E-state index in [1.165, 1.54) is 24.4 Å². The van der Waals surface area contributed by atoms with Crippen LogP contribution in [0.15, 0.2) is 40.9 Å². The number of rotatable bonds is 3. The van der Waals surface area contributed by atoms with E-state index in [2.05, 4.69) is 19.8 Å². The van der Waals surface area contributed by atoms with Crippen LogP contribution in [0.1, 0.15) is 17.7 Å². The normalized spacial score (nSPS) is 22.5. The molecule has 0 saturated carbocycles. The molecule has 0 N–H and O–H groups in total. The van der Waals surface area contributed by atoms with Crippen molar-refractivity contribution in [2.45, 2.75) is 31.2 Å². The van der Waals surface area contributed by atoms with E-state index in [9.17, 15) is 17.6 Å². The molecule has 5 nitrogen and oxygen atoms in total. The topological polar surface area (TPSA) is 45.4 Å². The van der Waals surface area contributed by atoms with E-state index in [0.29, 0.717) is 23.7 Å². The number of halogens is 4. The Labute approximate surface area is 157 Å². The standard InChI is InChI=1S/C19H16F4N4O/c20-12-2-3-15-16(5-12)28-18(25-15)27-13-6-14(27)10-26(9-13)8-11-1-4-17(24-7-11)19(21,22)23/h1-5,7,13-14H,6,8-10H2. The van der Waals surface area contributed by atoms with Gasteiger partial charge < -0.3 is 9.32 Å². The summed E-state index contributed by atoms with van der Waals surface area (Å²) in [6, 6.07) is 7.71. The molecule has 1 aromatic carbocycles. The summed E-state index contributed by atoms with van der Waals surface area (Å²) in [6.45, 7) is 2.06. The lowest BCUT2D eigenvalue weighted by Crippen LogP contribution is -2.68. The lowest BCUT2D eigenvalue weighted by Gasteiger charge is -2.55. The minimum absolute atomic E-state index is 0.221. The first-order valence-corrected chi connectivity index (χ1v) is 8.96. The molecule has 2 bridgehead atoms. The molecule has 2 aromatic heterocycles. The van der Waals surface area contributed by atoms with Crippen molar-refractivity contribution in [3.8, 4) is 0 Å². The Bertz CT molecular complexity index is 1000. The monoisotopic (exact) mass is 392 g/mol. The molecule has 0 aliphatic carbocycles. The lowest BCUT2D eigenvalue weighted by molar-refractivity contribution is -0.141. The third kappa shape index (κ3) is 2.99. The second kappa shape index (κ2) is 6.16. The van der Waals surface area contributed by atoms with Crippen LogP contribution < -0.4 is 4.90 Å². The van der Waals surface area contributed by atoms with Gasteiger partial charge >= 0.3 is 6.18 Å². The van der Waals surface area contributed by atoms with E-state index < -0.39 is 11.9 Å². The van der Waals surface area contributed by atoms with Crippen molar-refractivity contribution in [1.82, 2.24) is 14.9 Å². The number of nitrogens with zero attached hydrogens (tertiary/aromatic N) is 4. The van der Waals surface area contributed by atoms with E-state index in [1.807, 2.05) is 0 Å². The zero-order valence-corrected chi connectivity index (χ0v) is 14.7. The Morgan fingerprint density at radius 2 is 1.89 bits per heavy atom. The number of piperidine rings is 1. The molecule has 146 valence electrons. The highest BCUT2D eigenvalue weighted by Gasteiger charge is 2.46. The van der Waals surface area contributed by atoms with Crippen LogP contribution in [0, 0.1) is 5.82 Å². The van der Waals surface area contributed by atoms with Gasteiger partial charge in [0.1, 0.15) is 17.0 Å². The summed E-state index contributed by atoms with van der Waals surface area (Å²) in [7, 11) is 0. The van der Waals surface area contributed by atoms with E-state index in [0.717, 1.165) is 31.1 Å². The molecule has 6 rings (SSSR count). The number of aromatic nitrogens is 2. The summed E-state index contributed by atoms with van der Waals surface area (Å²) in [5, 5.41) is 0. The minimum atomic E-state index is -4.42. The van der Waals surface area contributed by atoms with Gasteiger partial charge in [0.05, 0.1) is 0 Å². The molecule has 3 fully saturated rings. The zero-order chi connectivity index (χ0) is 19.5. The average Bonchev–Trinajstić information content (AvgIpc) is 3.03. The first-order valence-electron chi connectivity index (χ1n) is 8.96. The van der Waals surface area contributed by atoms with Gasteiger partial charge in [-0.1, -0.05) is 6.07 Å². The molecule has 3 aromatic rings. The summed E-state index contributed by atoms with van der Waals surface area (Å²) < 4.78 is 56.9. The highest BCUT2D eigenvalue weighted by Crippen LogP contribution is 2.38. The molecule has 0 radical (unpaired) electrons. The fourth-order valence-corrected chi connectivity index (χ4v) is 4.08. The molecule has 5 heterocycles. The van der Waals surface area contributed by atoms with Crippen LogP contribution in [-0.2, 0) is 12.7 Å². The van der Waals surface area contributed by atoms with E-state index in [-0.39, 0.29) is 17.9 Å². The smallest absolute Gasteiger partial charge is 0.423 e. The fraction of sp³-hybridized carbons (Fsp3) is 0.368. The minimum Gasteiger partial charge on any atom is -0.423 e. The number of alkyl halides is 3. The number of benzene rings is 1. The van der Waals surface area contributed by atoms with E-state index >= 15 is 0 Å². The maximum atomic E-state index is 13.3. The fourth-order valence-electron chi connectivity index (χ4n) is 4.08. The Kier molecular flexibility index (Phi) is 3.84. The molecule has 3 saturated heterocycles. The van der Waals surface area contributed by atoms with Crippen molar-refractivity contribution in [2.24, 2.45) is 0 Å². The molecule has 2 atom stereocenters. The average molecular weight is 392 g/mol. The third-order valence-corrected chi connectivity index (χ3v) is 5.35. The highest BCUT2D eigenvalue weighted by molar-refractivity contribution is 5.74. The molecule has 9 heteroatoms. The molecule has 3 aliphatic rings. The number of anilines is 1. The second-order valence-electron chi connectivity index (χ2n) is 7.30. The zero-order valence-electron chi connectivity index (χ0n) is 14.7. The van der Waals surface area contributed by atoms with Crippen molar-refractivity contribution in [2.75, 3.05) is 18.0 Å². The van der Waals surface area contributed by atoms with Crippen LogP contribution in [0.4, 0.5) is 23.6 Å². The van der Waals surface area contributed by atoms with Crippen molar-refractivity contribution >= 4 is 17.1 Å². The SMILES string of the molecule is Fc1ccc2nc(N3C4CC3CN(Cc3ccc(C(F)(F)F)nc3)C4)oc2c1. The van der Waals surface area contributed by atoms with Gasteiger partial charge in [-0.3, -0.25) is 9.88 Å². The lowest BCUT2D eigenvalue weighted by atomic mass is 9.88. The Balaban J connectivity index is 1.26. The largest absolute Gasteiger partial charge is 0.433 e. The molecule has 2 unspecified atom stereocenters. The maximum absolute atomic E-state index is 13.3. The number of oxazole rings is 1. The number of pyridine rings is 1. The van der Waals surface area contributed by atoms with Crippen LogP contribution in [0.3, 0.4) is 0 Å². The maximum Gasteiger partial charge on any atom is 0.433 e. The Morgan fingerprint density at radius 3 is 2.57 bits per heavy atom. The first-order chi connectivity index (χ1) is 13.4. The number of fused-ring (bicyclic) bond motifs is 3. The van der Waals surface area contributed by atoms with Crippen LogP contribution in [0.5, 0.6) is 0 Å². The summed E-state index contributed by atoms with van der Waals surface area (Å²) >= 11 is 0. The predicted molar refractivity (Wildman–Crippen MR) is 93.2 cm³/mol. The number of hydrogen-bond acceptors (Lipinski definition) is 5. The van der Waals surface area contributed by atoms with Gasteiger partial charge in [-0.15, -0.1) is 0 Å². The summed E-state index contributed by atoms with van der Waals surface area (Å²) in [5.41, 5.74) is 0.913. The van der Waals surface area contributed by atoms with Crippen molar-refractivity contribution < 1.29 is 22.0 Å². The number of hydrogen-bond donors (Lipinski definition) is 0. The second-order valence-corrected chi connectivity index (χ2v) is 7.30.